The van der Waals surface area contributed by atoms with Crippen molar-refractivity contribution in [3.63, 3.8) is 0 Å². The van der Waals surface area contributed by atoms with Gasteiger partial charge in [-0.3, -0.25) is 9.59 Å². The minimum absolute atomic E-state index is 0.0443. The summed E-state index contributed by atoms with van der Waals surface area (Å²) in [5, 5.41) is 14.8. The van der Waals surface area contributed by atoms with Crippen molar-refractivity contribution in [3.05, 3.63) is 0 Å². The van der Waals surface area contributed by atoms with Gasteiger partial charge in [-0.15, -0.1) is 0 Å². The summed E-state index contributed by atoms with van der Waals surface area (Å²) in [5.74, 6) is -0.925. The lowest BCUT2D eigenvalue weighted by Crippen LogP contribution is -2.42. The largest absolute Gasteiger partial charge is 0.481 e. The summed E-state index contributed by atoms with van der Waals surface area (Å²) in [4.78, 5) is 22.5. The topological polar surface area (TPSA) is 78.4 Å². The lowest BCUT2D eigenvalue weighted by Gasteiger charge is -2.27. The van der Waals surface area contributed by atoms with Crippen LogP contribution in [0.1, 0.15) is 32.6 Å². The van der Waals surface area contributed by atoms with Crippen LogP contribution in [0.5, 0.6) is 0 Å². The van der Waals surface area contributed by atoms with E-state index >= 15 is 0 Å². The quantitative estimate of drug-likeness (QED) is 0.659. The molecule has 98 valence electrons. The van der Waals surface area contributed by atoms with E-state index in [0.717, 1.165) is 12.8 Å². The Hall–Kier alpha value is -1.10. The minimum atomic E-state index is -0.710. The number of hydrogen-bond acceptors (Lipinski definition) is 3. The highest BCUT2D eigenvalue weighted by molar-refractivity contribution is 5.78. The van der Waals surface area contributed by atoms with E-state index < -0.39 is 5.97 Å². The lowest BCUT2D eigenvalue weighted by atomic mass is 9.86. The first-order chi connectivity index (χ1) is 8.04. The number of carbonyl (C=O) groups is 2. The van der Waals surface area contributed by atoms with Crippen LogP contribution in [0.2, 0.25) is 0 Å². The molecule has 0 aromatic rings. The van der Waals surface area contributed by atoms with E-state index in [0.29, 0.717) is 19.4 Å². The highest BCUT2D eigenvalue weighted by Crippen LogP contribution is 2.24. The molecule has 5 nitrogen and oxygen atoms in total. The summed E-state index contributed by atoms with van der Waals surface area (Å²) in [6, 6.07) is 0.150. The number of hydrogen-bond donors (Lipinski definition) is 3. The summed E-state index contributed by atoms with van der Waals surface area (Å²) in [5.41, 5.74) is 0. The van der Waals surface area contributed by atoms with Crippen molar-refractivity contribution < 1.29 is 14.7 Å². The van der Waals surface area contributed by atoms with Gasteiger partial charge in [-0.05, 0) is 32.7 Å². The maximum absolute atomic E-state index is 11.7. The van der Waals surface area contributed by atoms with Crippen LogP contribution in [-0.2, 0) is 9.59 Å². The first kappa shape index (κ1) is 14.0. The molecule has 0 bridgehead atoms. The summed E-state index contributed by atoms with van der Waals surface area (Å²) in [6.45, 7) is 2.55. The molecule has 0 heterocycles. The molecular weight excluding hydrogens is 220 g/mol. The van der Waals surface area contributed by atoms with Crippen LogP contribution in [0.4, 0.5) is 0 Å². The zero-order valence-corrected chi connectivity index (χ0v) is 10.5. The van der Waals surface area contributed by atoms with Crippen molar-refractivity contribution in [2.24, 2.45) is 11.8 Å². The molecule has 5 heteroatoms. The summed E-state index contributed by atoms with van der Waals surface area (Å²) < 4.78 is 0. The van der Waals surface area contributed by atoms with Crippen LogP contribution in [0, 0.1) is 11.8 Å². The first-order valence-electron chi connectivity index (χ1n) is 6.22. The Labute approximate surface area is 102 Å². The molecule has 1 fully saturated rings. The summed E-state index contributed by atoms with van der Waals surface area (Å²) in [6.07, 6.45) is 2.88. The molecule has 0 aliphatic heterocycles. The van der Waals surface area contributed by atoms with E-state index in [9.17, 15) is 9.59 Å². The van der Waals surface area contributed by atoms with Gasteiger partial charge in [0.15, 0.2) is 0 Å². The normalized spacial score (nSPS) is 26.2. The Kier molecular flexibility index (Phi) is 5.41. The van der Waals surface area contributed by atoms with Gasteiger partial charge >= 0.3 is 5.97 Å². The monoisotopic (exact) mass is 242 g/mol. The third kappa shape index (κ3) is 4.34. The third-order valence-electron chi connectivity index (χ3n) is 3.38. The molecular formula is C12H22N2O3. The van der Waals surface area contributed by atoms with Gasteiger partial charge < -0.3 is 15.7 Å². The SMILES string of the molecule is CNCC(C)C(=O)NC1CCC(C(=O)O)CC1. The fraction of sp³-hybridized carbons (Fsp3) is 0.833. The fourth-order valence-corrected chi connectivity index (χ4v) is 2.23. The van der Waals surface area contributed by atoms with Gasteiger partial charge in [0.1, 0.15) is 0 Å². The molecule has 3 N–H and O–H groups in total. The molecule has 1 atom stereocenters. The molecule has 1 saturated carbocycles. The van der Waals surface area contributed by atoms with E-state index in [1.165, 1.54) is 0 Å². The van der Waals surface area contributed by atoms with Crippen LogP contribution in [-0.4, -0.2) is 36.6 Å². The van der Waals surface area contributed by atoms with Crippen LogP contribution in [0.3, 0.4) is 0 Å². The Bertz CT molecular complexity index is 273. The molecule has 1 aliphatic carbocycles. The van der Waals surface area contributed by atoms with Gasteiger partial charge in [0.25, 0.3) is 0 Å². The maximum Gasteiger partial charge on any atom is 0.306 e. The van der Waals surface area contributed by atoms with Crippen molar-refractivity contribution in [1.82, 2.24) is 10.6 Å². The Morgan fingerprint density at radius 1 is 1.29 bits per heavy atom. The number of amides is 1. The predicted octanol–water partition coefficient (Wildman–Crippen LogP) is 0.601. The lowest BCUT2D eigenvalue weighted by molar-refractivity contribution is -0.142. The highest BCUT2D eigenvalue weighted by Gasteiger charge is 2.27. The van der Waals surface area contributed by atoms with E-state index in [4.69, 9.17) is 5.11 Å². The second-order valence-electron chi connectivity index (χ2n) is 4.85. The van der Waals surface area contributed by atoms with Crippen molar-refractivity contribution in [1.29, 1.82) is 0 Å². The number of nitrogens with one attached hydrogen (secondary N) is 2. The van der Waals surface area contributed by atoms with Crippen LogP contribution < -0.4 is 10.6 Å². The molecule has 17 heavy (non-hydrogen) atoms. The molecule has 0 aromatic carbocycles. The van der Waals surface area contributed by atoms with Gasteiger partial charge in [0.05, 0.1) is 5.92 Å². The number of carbonyl (C=O) groups excluding carboxylic acids is 1. The molecule has 1 aliphatic rings. The predicted molar refractivity (Wildman–Crippen MR) is 64.6 cm³/mol. The molecule has 1 amide bonds. The van der Waals surface area contributed by atoms with Crippen LogP contribution >= 0.6 is 0 Å². The molecule has 1 unspecified atom stereocenters. The Morgan fingerprint density at radius 3 is 2.35 bits per heavy atom. The van der Waals surface area contributed by atoms with Gasteiger partial charge in [0, 0.05) is 18.5 Å². The molecule has 0 spiro atoms. The van der Waals surface area contributed by atoms with Crippen LogP contribution in [0.15, 0.2) is 0 Å². The molecule has 0 saturated heterocycles. The second kappa shape index (κ2) is 6.59. The number of carboxylic acid groups (broad SMARTS) is 1. The van der Waals surface area contributed by atoms with Crippen molar-refractivity contribution in [2.45, 2.75) is 38.6 Å². The Morgan fingerprint density at radius 2 is 1.88 bits per heavy atom. The van der Waals surface area contributed by atoms with Crippen molar-refractivity contribution >= 4 is 11.9 Å². The summed E-state index contributed by atoms with van der Waals surface area (Å²) in [7, 11) is 1.82. The molecule has 0 aromatic heterocycles. The average Bonchev–Trinajstić information content (AvgIpc) is 2.30. The standard InChI is InChI=1S/C12H22N2O3/c1-8(7-13-2)11(15)14-10-5-3-9(4-6-10)12(16)17/h8-10,13H,3-7H2,1-2H3,(H,14,15)(H,16,17). The number of carboxylic acids is 1. The number of aliphatic carboxylic acids is 1. The first-order valence-corrected chi connectivity index (χ1v) is 6.22. The zero-order valence-electron chi connectivity index (χ0n) is 10.5. The minimum Gasteiger partial charge on any atom is -0.481 e. The van der Waals surface area contributed by atoms with E-state index in [1.54, 1.807) is 0 Å². The maximum atomic E-state index is 11.7. The second-order valence-corrected chi connectivity index (χ2v) is 4.85. The van der Waals surface area contributed by atoms with Gasteiger partial charge in [0.2, 0.25) is 5.91 Å². The number of rotatable bonds is 5. The molecule has 0 radical (unpaired) electrons. The Balaban J connectivity index is 2.30. The smallest absolute Gasteiger partial charge is 0.306 e. The summed E-state index contributed by atoms with van der Waals surface area (Å²) >= 11 is 0. The van der Waals surface area contributed by atoms with Crippen molar-refractivity contribution in [2.75, 3.05) is 13.6 Å². The van der Waals surface area contributed by atoms with Crippen LogP contribution in [0.25, 0.3) is 0 Å². The fourth-order valence-electron chi connectivity index (χ4n) is 2.23. The van der Waals surface area contributed by atoms with E-state index in [-0.39, 0.29) is 23.8 Å². The van der Waals surface area contributed by atoms with Gasteiger partial charge in [-0.2, -0.15) is 0 Å². The van der Waals surface area contributed by atoms with Crippen molar-refractivity contribution in [3.8, 4) is 0 Å². The van der Waals surface area contributed by atoms with Gasteiger partial charge in [-0.25, -0.2) is 0 Å². The third-order valence-corrected chi connectivity index (χ3v) is 3.38. The van der Waals surface area contributed by atoms with E-state index in [2.05, 4.69) is 10.6 Å². The highest BCUT2D eigenvalue weighted by atomic mass is 16.4. The molecule has 1 rings (SSSR count). The van der Waals surface area contributed by atoms with E-state index in [1.807, 2.05) is 14.0 Å². The zero-order chi connectivity index (χ0) is 12.8. The van der Waals surface area contributed by atoms with Gasteiger partial charge in [-0.1, -0.05) is 6.92 Å². The average molecular weight is 242 g/mol.